The van der Waals surface area contributed by atoms with Crippen molar-refractivity contribution in [3.05, 3.63) is 71.9 Å². The predicted molar refractivity (Wildman–Crippen MR) is 84.3 cm³/mol. The van der Waals surface area contributed by atoms with Crippen molar-refractivity contribution in [3.63, 3.8) is 0 Å². The van der Waals surface area contributed by atoms with Gasteiger partial charge in [0.25, 0.3) is 0 Å². The smallest absolute Gasteiger partial charge is 0.154 e. The van der Waals surface area contributed by atoms with E-state index in [1.807, 2.05) is 72.3 Å². The lowest BCUT2D eigenvalue weighted by molar-refractivity contribution is 0.112. The summed E-state index contributed by atoms with van der Waals surface area (Å²) in [6, 6.07) is 19.8. The first kappa shape index (κ1) is 13.6. The van der Waals surface area contributed by atoms with Crippen LogP contribution in [0.25, 0.3) is 5.69 Å². The van der Waals surface area contributed by atoms with E-state index in [9.17, 15) is 4.79 Å². The van der Waals surface area contributed by atoms with Crippen LogP contribution < -0.4 is 0 Å². The van der Waals surface area contributed by atoms with Gasteiger partial charge in [0, 0.05) is 4.90 Å². The van der Waals surface area contributed by atoms with Crippen LogP contribution in [0.1, 0.15) is 16.1 Å². The third-order valence-corrected chi connectivity index (χ3v) is 4.23. The van der Waals surface area contributed by atoms with Crippen LogP contribution in [0.2, 0.25) is 0 Å². The van der Waals surface area contributed by atoms with Gasteiger partial charge in [0.15, 0.2) is 6.29 Å². The highest BCUT2D eigenvalue weighted by molar-refractivity contribution is 7.99. The minimum atomic E-state index is 0.646. The minimum absolute atomic E-state index is 0.646. The number of aryl methyl sites for hydroxylation is 1. The van der Waals surface area contributed by atoms with E-state index in [1.165, 1.54) is 0 Å². The Kier molecular flexibility index (Phi) is 3.88. The first-order valence-corrected chi connectivity index (χ1v) is 7.44. The van der Waals surface area contributed by atoms with Gasteiger partial charge in [-0.1, -0.05) is 48.2 Å². The van der Waals surface area contributed by atoms with Crippen LogP contribution in [-0.2, 0) is 0 Å². The first-order valence-electron chi connectivity index (χ1n) is 6.62. The molecule has 0 radical (unpaired) electrons. The van der Waals surface area contributed by atoms with Crippen molar-refractivity contribution in [1.82, 2.24) is 9.78 Å². The maximum absolute atomic E-state index is 11.4. The van der Waals surface area contributed by atoms with Crippen LogP contribution in [0, 0.1) is 6.92 Å². The van der Waals surface area contributed by atoms with Crippen LogP contribution in [0.4, 0.5) is 0 Å². The molecule has 1 heterocycles. The number of rotatable bonds is 4. The molecule has 0 amide bonds. The Labute approximate surface area is 127 Å². The highest BCUT2D eigenvalue weighted by atomic mass is 32.2. The molecule has 0 aliphatic carbocycles. The molecule has 3 nitrogen and oxygen atoms in total. The number of aldehydes is 1. The summed E-state index contributed by atoms with van der Waals surface area (Å²) in [7, 11) is 0. The normalized spacial score (nSPS) is 10.5. The molecule has 0 N–H and O–H groups in total. The fourth-order valence-corrected chi connectivity index (χ4v) is 3.15. The summed E-state index contributed by atoms with van der Waals surface area (Å²) in [5.41, 5.74) is 2.34. The maximum Gasteiger partial charge on any atom is 0.154 e. The number of nitrogens with zero attached hydrogens (tertiary/aromatic N) is 2. The predicted octanol–water partition coefficient (Wildman–Crippen LogP) is 4.14. The fourth-order valence-electron chi connectivity index (χ4n) is 2.10. The molecule has 0 bridgehead atoms. The molecule has 0 saturated carbocycles. The molecule has 0 aliphatic heterocycles. The van der Waals surface area contributed by atoms with Crippen molar-refractivity contribution >= 4 is 18.0 Å². The van der Waals surface area contributed by atoms with E-state index in [4.69, 9.17) is 0 Å². The first-order chi connectivity index (χ1) is 10.3. The molecule has 4 heteroatoms. The molecule has 3 aromatic rings. The fraction of sp³-hybridized carbons (Fsp3) is 0.0588. The number of carbonyl (C=O) groups is 1. The number of carbonyl (C=O) groups excluding carboxylic acids is 1. The Balaban J connectivity index is 2.11. The SMILES string of the molecule is Cc1nn(-c2ccccc2)c(Sc2ccccc2)c1C=O. The van der Waals surface area contributed by atoms with Crippen molar-refractivity contribution in [2.24, 2.45) is 0 Å². The highest BCUT2D eigenvalue weighted by Gasteiger charge is 2.16. The molecule has 2 aromatic carbocycles. The zero-order valence-corrected chi connectivity index (χ0v) is 12.4. The van der Waals surface area contributed by atoms with Gasteiger partial charge in [-0.2, -0.15) is 5.10 Å². The van der Waals surface area contributed by atoms with E-state index in [0.717, 1.165) is 27.6 Å². The van der Waals surface area contributed by atoms with Crippen molar-refractivity contribution in [2.45, 2.75) is 16.8 Å². The third-order valence-electron chi connectivity index (χ3n) is 3.14. The van der Waals surface area contributed by atoms with Gasteiger partial charge in [0.05, 0.1) is 16.9 Å². The molecule has 104 valence electrons. The third kappa shape index (κ3) is 2.76. The number of para-hydroxylation sites is 1. The average molecular weight is 294 g/mol. The van der Waals surface area contributed by atoms with Gasteiger partial charge in [-0.3, -0.25) is 4.79 Å². The number of aromatic nitrogens is 2. The van der Waals surface area contributed by atoms with Gasteiger partial charge in [0.2, 0.25) is 0 Å². The molecule has 0 saturated heterocycles. The second kappa shape index (κ2) is 5.97. The second-order valence-electron chi connectivity index (χ2n) is 4.58. The minimum Gasteiger partial charge on any atom is -0.298 e. The molecule has 3 rings (SSSR count). The lowest BCUT2D eigenvalue weighted by atomic mass is 10.3. The molecule has 0 unspecified atom stereocenters. The zero-order chi connectivity index (χ0) is 14.7. The zero-order valence-electron chi connectivity index (χ0n) is 11.6. The molecule has 0 atom stereocenters. The number of hydrogen-bond acceptors (Lipinski definition) is 3. The van der Waals surface area contributed by atoms with E-state index in [0.29, 0.717) is 5.56 Å². The lowest BCUT2D eigenvalue weighted by Crippen LogP contribution is -1.98. The lowest BCUT2D eigenvalue weighted by Gasteiger charge is -2.07. The van der Waals surface area contributed by atoms with Crippen LogP contribution in [0.3, 0.4) is 0 Å². The monoisotopic (exact) mass is 294 g/mol. The summed E-state index contributed by atoms with van der Waals surface area (Å²) in [6.45, 7) is 1.86. The van der Waals surface area contributed by atoms with E-state index >= 15 is 0 Å². The van der Waals surface area contributed by atoms with Crippen molar-refractivity contribution in [3.8, 4) is 5.69 Å². The van der Waals surface area contributed by atoms with Gasteiger partial charge < -0.3 is 0 Å². The van der Waals surface area contributed by atoms with Gasteiger partial charge >= 0.3 is 0 Å². The van der Waals surface area contributed by atoms with Crippen LogP contribution in [-0.4, -0.2) is 16.1 Å². The number of hydrogen-bond donors (Lipinski definition) is 0. The molecule has 0 spiro atoms. The molecule has 1 aromatic heterocycles. The topological polar surface area (TPSA) is 34.9 Å². The Morgan fingerprint density at radius 2 is 1.62 bits per heavy atom. The largest absolute Gasteiger partial charge is 0.298 e. The van der Waals surface area contributed by atoms with Crippen molar-refractivity contribution in [1.29, 1.82) is 0 Å². The van der Waals surface area contributed by atoms with Crippen molar-refractivity contribution < 1.29 is 4.79 Å². The second-order valence-corrected chi connectivity index (χ2v) is 5.65. The van der Waals surface area contributed by atoms with Gasteiger partial charge in [-0.05, 0) is 31.2 Å². The molecule has 0 aliphatic rings. The van der Waals surface area contributed by atoms with E-state index in [-0.39, 0.29) is 0 Å². The molecule has 21 heavy (non-hydrogen) atoms. The van der Waals surface area contributed by atoms with E-state index < -0.39 is 0 Å². The maximum atomic E-state index is 11.4. The van der Waals surface area contributed by atoms with E-state index in [2.05, 4.69) is 5.10 Å². The summed E-state index contributed by atoms with van der Waals surface area (Å²) in [4.78, 5) is 12.5. The molecule has 0 fully saturated rings. The van der Waals surface area contributed by atoms with Crippen LogP contribution in [0.15, 0.2) is 70.6 Å². The molecular formula is C17H14N2OS. The van der Waals surface area contributed by atoms with Crippen LogP contribution in [0.5, 0.6) is 0 Å². The summed E-state index contributed by atoms with van der Waals surface area (Å²) in [5, 5.41) is 5.36. The van der Waals surface area contributed by atoms with Gasteiger partial charge in [-0.25, -0.2) is 4.68 Å². The molecular weight excluding hydrogens is 280 g/mol. The summed E-state index contributed by atoms with van der Waals surface area (Å²) in [6.07, 6.45) is 0.882. The van der Waals surface area contributed by atoms with Crippen LogP contribution >= 0.6 is 11.8 Å². The average Bonchev–Trinajstić information content (AvgIpc) is 2.85. The summed E-state index contributed by atoms with van der Waals surface area (Å²) < 4.78 is 1.83. The van der Waals surface area contributed by atoms with Gasteiger partial charge in [0.1, 0.15) is 5.03 Å². The standard InChI is InChI=1S/C17H14N2OS/c1-13-16(12-20)17(21-15-10-6-3-7-11-15)19(18-13)14-8-4-2-5-9-14/h2-12H,1H3. The highest BCUT2D eigenvalue weighted by Crippen LogP contribution is 2.32. The summed E-state index contributed by atoms with van der Waals surface area (Å²) >= 11 is 1.55. The Morgan fingerprint density at radius 1 is 1.00 bits per heavy atom. The van der Waals surface area contributed by atoms with Gasteiger partial charge in [-0.15, -0.1) is 0 Å². The Bertz CT molecular complexity index is 751. The Morgan fingerprint density at radius 3 is 2.24 bits per heavy atom. The Hall–Kier alpha value is -2.33. The van der Waals surface area contributed by atoms with Crippen molar-refractivity contribution in [2.75, 3.05) is 0 Å². The number of benzene rings is 2. The van der Waals surface area contributed by atoms with E-state index in [1.54, 1.807) is 11.8 Å². The quantitative estimate of drug-likeness (QED) is 0.678. The summed E-state index contributed by atoms with van der Waals surface area (Å²) in [5.74, 6) is 0.